The number of hydrogen-bond acceptors (Lipinski definition) is 3. The molecular weight excluding hydrogens is 336 g/mol. The van der Waals surface area contributed by atoms with E-state index in [9.17, 15) is 4.79 Å². The Kier molecular flexibility index (Phi) is 5.30. The first-order valence-electron chi connectivity index (χ1n) is 10.3. The molecule has 5 nitrogen and oxygen atoms in total. The average Bonchev–Trinajstić information content (AvgIpc) is 3.31. The predicted molar refractivity (Wildman–Crippen MR) is 106 cm³/mol. The molecule has 1 amide bonds. The number of fused-ring (bicyclic) bond motifs is 2. The monoisotopic (exact) mass is 366 g/mol. The van der Waals surface area contributed by atoms with E-state index in [0.717, 1.165) is 44.7 Å². The van der Waals surface area contributed by atoms with E-state index < -0.39 is 0 Å². The standard InChI is InChI=1S/C22H30N4O/c1-3-24(4-2)14-21-16-25(15-20-9-10-23-26(20)21)22(27)13-17-11-18-7-5-6-8-19(18)12-17/h5-10,17,21H,3-4,11-16H2,1-2H3. The second kappa shape index (κ2) is 7.85. The molecule has 144 valence electrons. The third-order valence-electron chi connectivity index (χ3n) is 6.20. The van der Waals surface area contributed by atoms with Gasteiger partial charge in [0.2, 0.25) is 5.91 Å². The van der Waals surface area contributed by atoms with Crippen LogP contribution in [0.5, 0.6) is 0 Å². The summed E-state index contributed by atoms with van der Waals surface area (Å²) in [6.45, 7) is 8.83. The lowest BCUT2D eigenvalue weighted by atomic mass is 10.0. The first kappa shape index (κ1) is 18.2. The Bertz CT molecular complexity index is 770. The van der Waals surface area contributed by atoms with Gasteiger partial charge in [0.25, 0.3) is 0 Å². The summed E-state index contributed by atoms with van der Waals surface area (Å²) in [7, 11) is 0. The van der Waals surface area contributed by atoms with Gasteiger partial charge in [-0.05, 0) is 49.0 Å². The lowest BCUT2D eigenvalue weighted by Gasteiger charge is -2.36. The molecule has 1 aromatic carbocycles. The Morgan fingerprint density at radius 1 is 1.15 bits per heavy atom. The lowest BCUT2D eigenvalue weighted by molar-refractivity contribution is -0.134. The van der Waals surface area contributed by atoms with Crippen LogP contribution in [0.3, 0.4) is 0 Å². The Morgan fingerprint density at radius 3 is 2.52 bits per heavy atom. The van der Waals surface area contributed by atoms with Gasteiger partial charge in [-0.3, -0.25) is 9.48 Å². The number of nitrogens with zero attached hydrogens (tertiary/aromatic N) is 4. The Morgan fingerprint density at radius 2 is 1.85 bits per heavy atom. The largest absolute Gasteiger partial charge is 0.335 e. The molecule has 0 fully saturated rings. The molecule has 1 unspecified atom stereocenters. The van der Waals surface area contributed by atoms with E-state index in [2.05, 4.69) is 63.8 Å². The highest BCUT2D eigenvalue weighted by atomic mass is 16.2. The molecule has 0 saturated carbocycles. The molecule has 0 spiro atoms. The maximum atomic E-state index is 13.1. The third kappa shape index (κ3) is 3.79. The predicted octanol–water partition coefficient (Wildman–Crippen LogP) is 2.91. The molecule has 4 rings (SSSR count). The minimum Gasteiger partial charge on any atom is -0.335 e. The highest BCUT2D eigenvalue weighted by Gasteiger charge is 2.31. The van der Waals surface area contributed by atoms with Crippen molar-refractivity contribution in [2.24, 2.45) is 5.92 Å². The third-order valence-corrected chi connectivity index (χ3v) is 6.20. The smallest absolute Gasteiger partial charge is 0.223 e. The molecule has 2 aliphatic rings. The first-order valence-corrected chi connectivity index (χ1v) is 10.3. The van der Waals surface area contributed by atoms with Crippen LogP contribution in [0, 0.1) is 5.92 Å². The zero-order valence-electron chi connectivity index (χ0n) is 16.5. The summed E-state index contributed by atoms with van der Waals surface area (Å²) < 4.78 is 2.13. The SMILES string of the molecule is CCN(CC)CC1CN(C(=O)CC2Cc3ccccc3C2)Cc2ccnn21. The van der Waals surface area contributed by atoms with E-state index in [1.807, 2.05) is 6.20 Å². The fraction of sp³-hybridized carbons (Fsp3) is 0.545. The van der Waals surface area contributed by atoms with Crippen LogP contribution >= 0.6 is 0 Å². The quantitative estimate of drug-likeness (QED) is 0.789. The van der Waals surface area contributed by atoms with Crippen LogP contribution in [0.1, 0.15) is 43.1 Å². The van der Waals surface area contributed by atoms with Crippen LogP contribution in [0.25, 0.3) is 0 Å². The summed E-state index contributed by atoms with van der Waals surface area (Å²) in [6.07, 6.45) is 4.60. The second-order valence-electron chi connectivity index (χ2n) is 7.93. The number of hydrogen-bond donors (Lipinski definition) is 0. The maximum Gasteiger partial charge on any atom is 0.223 e. The van der Waals surface area contributed by atoms with Crippen LogP contribution in [0.15, 0.2) is 36.5 Å². The maximum absolute atomic E-state index is 13.1. The molecule has 1 aromatic heterocycles. The molecule has 0 N–H and O–H groups in total. The van der Waals surface area contributed by atoms with Crippen molar-refractivity contribution in [1.29, 1.82) is 0 Å². The number of likely N-dealkylation sites (N-methyl/N-ethyl adjacent to an activating group) is 1. The van der Waals surface area contributed by atoms with E-state index in [1.165, 1.54) is 11.1 Å². The van der Waals surface area contributed by atoms with Gasteiger partial charge in [0.1, 0.15) is 0 Å². The summed E-state index contributed by atoms with van der Waals surface area (Å²) in [5, 5.41) is 4.54. The first-order chi connectivity index (χ1) is 13.2. The van der Waals surface area contributed by atoms with Crippen molar-refractivity contribution >= 4 is 5.91 Å². The van der Waals surface area contributed by atoms with Crippen LogP contribution in [-0.2, 0) is 24.2 Å². The molecule has 1 aliphatic heterocycles. The lowest BCUT2D eigenvalue weighted by Crippen LogP contribution is -2.45. The van der Waals surface area contributed by atoms with Crippen molar-refractivity contribution in [3.63, 3.8) is 0 Å². The highest BCUT2D eigenvalue weighted by molar-refractivity contribution is 5.76. The van der Waals surface area contributed by atoms with Crippen molar-refractivity contribution in [3.05, 3.63) is 53.3 Å². The number of amides is 1. The molecule has 27 heavy (non-hydrogen) atoms. The van der Waals surface area contributed by atoms with E-state index in [-0.39, 0.29) is 6.04 Å². The molecule has 2 aromatic rings. The van der Waals surface area contributed by atoms with Crippen molar-refractivity contribution < 1.29 is 4.79 Å². The summed E-state index contributed by atoms with van der Waals surface area (Å²) in [4.78, 5) is 17.6. The van der Waals surface area contributed by atoms with Crippen LogP contribution in [0.4, 0.5) is 0 Å². The van der Waals surface area contributed by atoms with Gasteiger partial charge in [-0.25, -0.2) is 0 Å². The fourth-order valence-corrected chi connectivity index (χ4v) is 4.66. The van der Waals surface area contributed by atoms with Gasteiger partial charge in [0.15, 0.2) is 0 Å². The summed E-state index contributed by atoms with van der Waals surface area (Å²) in [5.74, 6) is 0.743. The van der Waals surface area contributed by atoms with Crippen LogP contribution < -0.4 is 0 Å². The molecular formula is C22H30N4O. The normalized spacial score (nSPS) is 19.4. The number of carbonyl (C=O) groups is 1. The van der Waals surface area contributed by atoms with E-state index in [0.29, 0.717) is 24.8 Å². The number of carbonyl (C=O) groups excluding carboxylic acids is 1. The van der Waals surface area contributed by atoms with Gasteiger partial charge in [-0.1, -0.05) is 38.1 Å². The van der Waals surface area contributed by atoms with Gasteiger partial charge < -0.3 is 9.80 Å². The van der Waals surface area contributed by atoms with E-state index in [1.54, 1.807) is 0 Å². The molecule has 1 atom stereocenters. The van der Waals surface area contributed by atoms with Crippen LogP contribution in [0.2, 0.25) is 0 Å². The Balaban J connectivity index is 1.42. The van der Waals surface area contributed by atoms with Crippen LogP contribution in [-0.4, -0.2) is 51.7 Å². The van der Waals surface area contributed by atoms with Crippen molar-refractivity contribution in [1.82, 2.24) is 19.6 Å². The molecule has 2 heterocycles. The van der Waals surface area contributed by atoms with Gasteiger partial charge in [0, 0.05) is 25.7 Å². The molecule has 5 heteroatoms. The summed E-state index contributed by atoms with van der Waals surface area (Å²) in [6, 6.07) is 10.9. The minimum atomic E-state index is 0.244. The van der Waals surface area contributed by atoms with Gasteiger partial charge in [-0.15, -0.1) is 0 Å². The minimum absolute atomic E-state index is 0.244. The Hall–Kier alpha value is -2.14. The zero-order valence-corrected chi connectivity index (χ0v) is 16.5. The summed E-state index contributed by atoms with van der Waals surface area (Å²) in [5.41, 5.74) is 4.00. The zero-order chi connectivity index (χ0) is 18.8. The topological polar surface area (TPSA) is 41.4 Å². The molecule has 1 aliphatic carbocycles. The highest BCUT2D eigenvalue weighted by Crippen LogP contribution is 2.30. The van der Waals surface area contributed by atoms with Gasteiger partial charge in [0.05, 0.1) is 18.3 Å². The van der Waals surface area contributed by atoms with Gasteiger partial charge in [-0.2, -0.15) is 5.10 Å². The summed E-state index contributed by atoms with van der Waals surface area (Å²) >= 11 is 0. The number of rotatable bonds is 6. The van der Waals surface area contributed by atoms with E-state index >= 15 is 0 Å². The number of aromatic nitrogens is 2. The molecule has 0 saturated heterocycles. The van der Waals surface area contributed by atoms with E-state index in [4.69, 9.17) is 0 Å². The second-order valence-corrected chi connectivity index (χ2v) is 7.93. The molecule has 0 bridgehead atoms. The fourth-order valence-electron chi connectivity index (χ4n) is 4.66. The average molecular weight is 367 g/mol. The number of benzene rings is 1. The van der Waals surface area contributed by atoms with Gasteiger partial charge >= 0.3 is 0 Å². The van der Waals surface area contributed by atoms with Crippen molar-refractivity contribution in [2.45, 2.75) is 45.7 Å². The molecule has 0 radical (unpaired) electrons. The Labute approximate surface area is 162 Å². The van der Waals surface area contributed by atoms with Crippen molar-refractivity contribution in [2.75, 3.05) is 26.2 Å². The van der Waals surface area contributed by atoms with Crippen molar-refractivity contribution in [3.8, 4) is 0 Å².